The van der Waals surface area contributed by atoms with Gasteiger partial charge in [-0.05, 0) is 72.3 Å². The van der Waals surface area contributed by atoms with Crippen LogP contribution < -0.4 is 5.32 Å². The van der Waals surface area contributed by atoms with E-state index in [0.717, 1.165) is 24.0 Å². The third-order valence-corrected chi connectivity index (χ3v) is 8.33. The van der Waals surface area contributed by atoms with E-state index in [0.29, 0.717) is 23.7 Å². The van der Waals surface area contributed by atoms with E-state index in [1.54, 1.807) is 0 Å². The lowest BCUT2D eigenvalue weighted by molar-refractivity contribution is -0.126. The lowest BCUT2D eigenvalue weighted by atomic mass is 9.56. The standard InChI is InChI=1S/C19H19F2NO3/c20-11-1-6(2-12(21)17(11)23)18(24)22-5-19(25)15-8-4-9-13-7(8)3-10(15)14(13)16(9)19/h1-2,7-10,13-16,23,25H,3-5H2,(H,22,24). The average molecular weight is 347 g/mol. The fourth-order valence-electron chi connectivity index (χ4n) is 7.98. The number of halogens is 2. The second-order valence-corrected chi connectivity index (χ2v) is 8.80. The summed E-state index contributed by atoms with van der Waals surface area (Å²) in [4.78, 5) is 12.3. The molecule has 0 spiro atoms. The van der Waals surface area contributed by atoms with Crippen LogP contribution in [-0.2, 0) is 0 Å². The van der Waals surface area contributed by atoms with Crippen LogP contribution in [0.15, 0.2) is 12.1 Å². The van der Waals surface area contributed by atoms with Crippen LogP contribution in [0.1, 0.15) is 23.2 Å². The van der Waals surface area contributed by atoms with E-state index in [9.17, 15) is 18.7 Å². The molecule has 0 aromatic heterocycles. The number of fused-ring (bicyclic) bond motifs is 2. The van der Waals surface area contributed by atoms with Crippen molar-refractivity contribution in [2.75, 3.05) is 6.54 Å². The van der Waals surface area contributed by atoms with E-state index >= 15 is 0 Å². The molecule has 0 radical (unpaired) electrons. The molecule has 6 heteroatoms. The van der Waals surface area contributed by atoms with Gasteiger partial charge in [0.1, 0.15) is 0 Å². The van der Waals surface area contributed by atoms with Gasteiger partial charge in [-0.25, -0.2) is 8.78 Å². The topological polar surface area (TPSA) is 69.6 Å². The lowest BCUT2D eigenvalue weighted by Gasteiger charge is -2.51. The van der Waals surface area contributed by atoms with Crippen LogP contribution in [0.2, 0.25) is 0 Å². The second-order valence-electron chi connectivity index (χ2n) is 8.80. The maximum absolute atomic E-state index is 13.5. The van der Waals surface area contributed by atoms with Gasteiger partial charge >= 0.3 is 0 Å². The minimum absolute atomic E-state index is 0.144. The van der Waals surface area contributed by atoms with Crippen molar-refractivity contribution in [3.63, 3.8) is 0 Å². The van der Waals surface area contributed by atoms with Crippen LogP contribution >= 0.6 is 0 Å². The Bertz CT molecular complexity index is 800. The van der Waals surface area contributed by atoms with Gasteiger partial charge in [-0.3, -0.25) is 4.79 Å². The first kappa shape index (κ1) is 14.5. The first-order valence-corrected chi connectivity index (χ1v) is 9.10. The summed E-state index contributed by atoms with van der Waals surface area (Å²) in [7, 11) is 0. The number of carbonyl (C=O) groups is 1. The van der Waals surface area contributed by atoms with Crippen LogP contribution in [0.3, 0.4) is 0 Å². The maximum Gasteiger partial charge on any atom is 0.251 e. The molecule has 0 saturated heterocycles. The summed E-state index contributed by atoms with van der Waals surface area (Å²) in [6.45, 7) is 0.144. The zero-order valence-corrected chi connectivity index (χ0v) is 13.5. The molecule has 5 fully saturated rings. The third kappa shape index (κ3) is 1.43. The highest BCUT2D eigenvalue weighted by atomic mass is 19.1. The van der Waals surface area contributed by atoms with Gasteiger partial charge in [-0.1, -0.05) is 0 Å². The van der Waals surface area contributed by atoms with E-state index in [1.807, 2.05) is 0 Å². The number of amides is 1. The van der Waals surface area contributed by atoms with E-state index in [4.69, 9.17) is 5.11 Å². The minimum atomic E-state index is -1.16. The molecule has 1 amide bonds. The molecule has 2 bridgehead atoms. The smallest absolute Gasteiger partial charge is 0.251 e. The molecular weight excluding hydrogens is 328 g/mol. The summed E-state index contributed by atoms with van der Waals surface area (Å²) < 4.78 is 26.9. The van der Waals surface area contributed by atoms with Crippen molar-refractivity contribution in [2.24, 2.45) is 47.3 Å². The number of carbonyl (C=O) groups excluding carboxylic acids is 1. The first-order chi connectivity index (χ1) is 11.9. The summed E-state index contributed by atoms with van der Waals surface area (Å²) in [5, 5.41) is 23.3. The highest BCUT2D eigenvalue weighted by Crippen LogP contribution is 2.85. The van der Waals surface area contributed by atoms with Crippen LogP contribution in [0.5, 0.6) is 5.75 Å². The predicted molar refractivity (Wildman–Crippen MR) is 82.5 cm³/mol. The van der Waals surface area contributed by atoms with Gasteiger partial charge in [0, 0.05) is 12.1 Å². The number of rotatable bonds is 3. The molecule has 4 nitrogen and oxygen atoms in total. The molecule has 6 rings (SSSR count). The second kappa shape index (κ2) is 4.17. The molecule has 5 aliphatic rings. The molecule has 9 atom stereocenters. The van der Waals surface area contributed by atoms with E-state index < -0.39 is 28.9 Å². The zero-order chi connectivity index (χ0) is 17.2. The van der Waals surface area contributed by atoms with Gasteiger partial charge in [0.15, 0.2) is 17.4 Å². The van der Waals surface area contributed by atoms with Gasteiger partial charge in [-0.2, -0.15) is 0 Å². The largest absolute Gasteiger partial charge is 0.503 e. The quantitative estimate of drug-likeness (QED) is 0.782. The summed E-state index contributed by atoms with van der Waals surface area (Å²) in [5.74, 6) is 0.556. The van der Waals surface area contributed by atoms with E-state index in [2.05, 4.69) is 5.32 Å². The van der Waals surface area contributed by atoms with Gasteiger partial charge in [0.05, 0.1) is 5.60 Å². The number of phenolic OH excluding ortho intramolecular Hbond substituents is 1. The Labute approximate surface area is 143 Å². The lowest BCUT2D eigenvalue weighted by Crippen LogP contribution is -2.59. The van der Waals surface area contributed by atoms with Gasteiger partial charge in [-0.15, -0.1) is 0 Å². The molecule has 5 aliphatic carbocycles. The Morgan fingerprint density at radius 2 is 1.72 bits per heavy atom. The molecule has 1 aromatic rings. The molecule has 3 N–H and O–H groups in total. The van der Waals surface area contributed by atoms with E-state index in [-0.39, 0.29) is 23.9 Å². The number of hydrogen-bond acceptors (Lipinski definition) is 3. The molecule has 9 unspecified atom stereocenters. The predicted octanol–water partition coefficient (Wildman–Crippen LogP) is 1.91. The van der Waals surface area contributed by atoms with Crippen molar-refractivity contribution < 1.29 is 23.8 Å². The van der Waals surface area contributed by atoms with Crippen LogP contribution in [0, 0.1) is 59.0 Å². The SMILES string of the molecule is O=C(NCC1(O)C2C3CC4C5C3CC2C5C41)c1cc(F)c(O)c(F)c1. The molecule has 25 heavy (non-hydrogen) atoms. The summed E-state index contributed by atoms with van der Waals surface area (Å²) in [6.07, 6.45) is 2.48. The van der Waals surface area contributed by atoms with Crippen LogP contribution in [0.4, 0.5) is 8.78 Å². The first-order valence-electron chi connectivity index (χ1n) is 9.10. The van der Waals surface area contributed by atoms with Gasteiger partial charge < -0.3 is 15.5 Å². The zero-order valence-electron chi connectivity index (χ0n) is 13.5. The summed E-state index contributed by atoms with van der Waals surface area (Å²) >= 11 is 0. The third-order valence-electron chi connectivity index (χ3n) is 8.33. The fraction of sp³-hybridized carbons (Fsp3) is 0.632. The summed E-state index contributed by atoms with van der Waals surface area (Å²) in [5.41, 5.74) is -1.05. The normalized spacial score (nSPS) is 49.7. The minimum Gasteiger partial charge on any atom is -0.503 e. The Morgan fingerprint density at radius 1 is 1.08 bits per heavy atom. The number of aromatic hydroxyl groups is 1. The number of benzene rings is 1. The molecular formula is C19H19F2NO3. The highest BCUT2D eigenvalue weighted by molar-refractivity contribution is 5.94. The average Bonchev–Trinajstić information content (AvgIpc) is 3.08. The molecule has 1 aromatic carbocycles. The Balaban J connectivity index is 1.25. The van der Waals surface area contributed by atoms with Gasteiger partial charge in [0.2, 0.25) is 0 Å². The number of nitrogens with one attached hydrogen (secondary N) is 1. The highest BCUT2D eigenvalue weighted by Gasteiger charge is 2.84. The van der Waals surface area contributed by atoms with Crippen molar-refractivity contribution in [1.82, 2.24) is 5.32 Å². The number of hydrogen-bond donors (Lipinski definition) is 3. The number of phenols is 1. The van der Waals surface area contributed by atoms with Crippen molar-refractivity contribution in [2.45, 2.75) is 18.4 Å². The fourth-order valence-corrected chi connectivity index (χ4v) is 7.98. The Morgan fingerprint density at radius 3 is 2.44 bits per heavy atom. The van der Waals surface area contributed by atoms with Crippen molar-refractivity contribution in [1.29, 1.82) is 0 Å². The number of aliphatic hydroxyl groups is 1. The monoisotopic (exact) mass is 347 g/mol. The molecule has 0 aliphatic heterocycles. The van der Waals surface area contributed by atoms with Crippen molar-refractivity contribution in [3.8, 4) is 5.75 Å². The van der Waals surface area contributed by atoms with E-state index in [1.165, 1.54) is 12.8 Å². The van der Waals surface area contributed by atoms with Crippen molar-refractivity contribution >= 4 is 5.91 Å². The molecule has 132 valence electrons. The molecule has 5 saturated carbocycles. The van der Waals surface area contributed by atoms with Gasteiger partial charge in [0.25, 0.3) is 5.91 Å². The molecule has 0 heterocycles. The Kier molecular flexibility index (Phi) is 2.41. The van der Waals surface area contributed by atoms with Crippen LogP contribution in [-0.4, -0.2) is 28.3 Å². The summed E-state index contributed by atoms with van der Waals surface area (Å²) in [6, 6.07) is 1.64. The maximum atomic E-state index is 13.5. The van der Waals surface area contributed by atoms with Crippen molar-refractivity contribution in [3.05, 3.63) is 29.3 Å². The Hall–Kier alpha value is -1.69. The van der Waals surface area contributed by atoms with Crippen LogP contribution in [0.25, 0.3) is 0 Å².